The van der Waals surface area contributed by atoms with Gasteiger partial charge in [0.15, 0.2) is 5.54 Å². The number of carbonyl (C=O) groups is 1. The van der Waals surface area contributed by atoms with Crippen molar-refractivity contribution in [3.8, 4) is 0 Å². The molecular weight excluding hydrogens is 236 g/mol. The molecule has 1 unspecified atom stereocenters. The molecule has 0 saturated carbocycles. The summed E-state index contributed by atoms with van der Waals surface area (Å²) in [5.41, 5.74) is -1.54. The average Bonchev–Trinajstić information content (AvgIpc) is 2.50. The Balaban J connectivity index is 2.81. The zero-order valence-electron chi connectivity index (χ0n) is 9.19. The Morgan fingerprint density at radius 2 is 2.12 bits per heavy atom. The fourth-order valence-corrected chi connectivity index (χ4v) is 2.90. The highest BCUT2D eigenvalue weighted by Crippen LogP contribution is 2.19. The van der Waals surface area contributed by atoms with Crippen LogP contribution in [0.15, 0.2) is 0 Å². The first kappa shape index (κ1) is 13.4. The number of hydrogen-bond acceptors (Lipinski definition) is 4. The maximum atomic E-state index is 11.6. The molecule has 1 atom stereocenters. The Kier molecular flexibility index (Phi) is 3.89. The van der Waals surface area contributed by atoms with Gasteiger partial charge in [0.25, 0.3) is 10.2 Å². The summed E-state index contributed by atoms with van der Waals surface area (Å²) < 4.78 is 32.5. The second kappa shape index (κ2) is 4.66. The van der Waals surface area contributed by atoms with E-state index in [-0.39, 0.29) is 25.7 Å². The molecule has 0 aromatic rings. The van der Waals surface area contributed by atoms with Crippen molar-refractivity contribution in [2.75, 3.05) is 13.2 Å². The Hall–Kier alpha value is -0.700. The zero-order valence-corrected chi connectivity index (χ0v) is 10.0. The predicted octanol–water partition coefficient (Wildman–Crippen LogP) is -0.937. The number of carboxylic acid groups (broad SMARTS) is 1. The van der Waals surface area contributed by atoms with Crippen LogP contribution in [0.2, 0.25) is 0 Å². The van der Waals surface area contributed by atoms with E-state index in [0.717, 1.165) is 0 Å². The van der Waals surface area contributed by atoms with Crippen molar-refractivity contribution in [3.05, 3.63) is 0 Å². The quantitative estimate of drug-likeness (QED) is 0.586. The molecule has 16 heavy (non-hydrogen) atoms. The van der Waals surface area contributed by atoms with Crippen LogP contribution >= 0.6 is 0 Å². The number of aliphatic carboxylic acids is 1. The molecule has 8 heteroatoms. The van der Waals surface area contributed by atoms with Gasteiger partial charge in [0.2, 0.25) is 0 Å². The van der Waals surface area contributed by atoms with Crippen LogP contribution in [0.5, 0.6) is 0 Å². The van der Waals surface area contributed by atoms with Crippen molar-refractivity contribution in [2.24, 2.45) is 0 Å². The van der Waals surface area contributed by atoms with E-state index in [1.807, 2.05) is 0 Å². The average molecular weight is 252 g/mol. The summed E-state index contributed by atoms with van der Waals surface area (Å²) in [4.78, 5) is 11.1. The van der Waals surface area contributed by atoms with Gasteiger partial charge in [0.05, 0.1) is 6.61 Å². The van der Waals surface area contributed by atoms with Crippen molar-refractivity contribution in [2.45, 2.75) is 31.8 Å². The molecule has 1 aliphatic rings. The molecule has 94 valence electrons. The van der Waals surface area contributed by atoms with Crippen LogP contribution in [0.4, 0.5) is 0 Å². The van der Waals surface area contributed by atoms with Gasteiger partial charge in [-0.05, 0) is 13.8 Å². The lowest BCUT2D eigenvalue weighted by Gasteiger charge is -2.24. The number of hydrogen-bond donors (Lipinski definition) is 3. The molecule has 0 spiro atoms. The molecule has 1 rings (SSSR count). The largest absolute Gasteiger partial charge is 0.480 e. The van der Waals surface area contributed by atoms with Gasteiger partial charge in [-0.3, -0.25) is 4.79 Å². The summed E-state index contributed by atoms with van der Waals surface area (Å²) in [6.07, 6.45) is 0.126. The maximum absolute atomic E-state index is 11.6. The van der Waals surface area contributed by atoms with Gasteiger partial charge < -0.3 is 9.84 Å². The molecule has 0 bridgehead atoms. The fraction of sp³-hybridized carbons (Fsp3) is 0.875. The molecule has 1 fully saturated rings. The third-order valence-electron chi connectivity index (χ3n) is 2.15. The minimum absolute atomic E-state index is 0.126. The predicted molar refractivity (Wildman–Crippen MR) is 56.1 cm³/mol. The second-order valence-electron chi connectivity index (χ2n) is 4.07. The van der Waals surface area contributed by atoms with E-state index in [4.69, 9.17) is 9.84 Å². The first-order valence-electron chi connectivity index (χ1n) is 4.90. The van der Waals surface area contributed by atoms with Gasteiger partial charge in [-0.15, -0.1) is 0 Å². The first-order chi connectivity index (χ1) is 7.27. The van der Waals surface area contributed by atoms with E-state index in [0.29, 0.717) is 0 Å². The van der Waals surface area contributed by atoms with Gasteiger partial charge in [0.1, 0.15) is 0 Å². The van der Waals surface area contributed by atoms with E-state index in [1.54, 1.807) is 13.8 Å². The van der Waals surface area contributed by atoms with Crippen molar-refractivity contribution in [1.29, 1.82) is 0 Å². The minimum atomic E-state index is -3.83. The van der Waals surface area contributed by atoms with Crippen LogP contribution in [-0.2, 0) is 19.7 Å². The summed E-state index contributed by atoms with van der Waals surface area (Å²) in [6, 6.07) is -0.300. The van der Waals surface area contributed by atoms with Gasteiger partial charge in [-0.2, -0.15) is 17.9 Å². The molecule has 1 heterocycles. The Labute approximate surface area is 94.4 Å². The van der Waals surface area contributed by atoms with E-state index in [2.05, 4.69) is 9.44 Å². The number of nitrogens with one attached hydrogen (secondary N) is 2. The molecule has 0 aromatic carbocycles. The highest BCUT2D eigenvalue weighted by atomic mass is 32.2. The van der Waals surface area contributed by atoms with Crippen LogP contribution in [-0.4, -0.2) is 44.3 Å². The fourth-order valence-electron chi connectivity index (χ4n) is 1.45. The topological polar surface area (TPSA) is 105 Å². The van der Waals surface area contributed by atoms with Crippen molar-refractivity contribution >= 4 is 16.2 Å². The lowest BCUT2D eigenvalue weighted by molar-refractivity contribution is -0.144. The van der Waals surface area contributed by atoms with Crippen molar-refractivity contribution < 1.29 is 23.1 Å². The van der Waals surface area contributed by atoms with Crippen LogP contribution in [0.25, 0.3) is 0 Å². The normalized spacial score (nSPS) is 26.2. The van der Waals surface area contributed by atoms with Gasteiger partial charge in [0, 0.05) is 19.1 Å². The summed E-state index contributed by atoms with van der Waals surface area (Å²) in [5.74, 6) is -1.22. The smallest absolute Gasteiger partial charge is 0.327 e. The first-order valence-corrected chi connectivity index (χ1v) is 6.38. The van der Waals surface area contributed by atoms with Crippen molar-refractivity contribution in [3.63, 3.8) is 0 Å². The second-order valence-corrected chi connectivity index (χ2v) is 5.51. The van der Waals surface area contributed by atoms with Crippen LogP contribution < -0.4 is 9.44 Å². The van der Waals surface area contributed by atoms with Crippen molar-refractivity contribution in [1.82, 2.24) is 9.44 Å². The third-order valence-corrected chi connectivity index (χ3v) is 3.59. The molecule has 0 aliphatic carbocycles. The van der Waals surface area contributed by atoms with E-state index >= 15 is 0 Å². The lowest BCUT2D eigenvalue weighted by Crippen LogP contribution is -2.58. The number of ether oxygens (including phenoxy) is 1. The summed E-state index contributed by atoms with van der Waals surface area (Å²) in [5, 5.41) is 9.03. The SMILES string of the molecule is CC(C)NS(=O)(=O)NC1(C(=O)O)CCOC1. The van der Waals surface area contributed by atoms with Crippen LogP contribution in [0.1, 0.15) is 20.3 Å². The van der Waals surface area contributed by atoms with Gasteiger partial charge in [-0.25, -0.2) is 0 Å². The van der Waals surface area contributed by atoms with E-state index < -0.39 is 21.7 Å². The Morgan fingerprint density at radius 3 is 2.50 bits per heavy atom. The third kappa shape index (κ3) is 3.14. The molecular formula is C8H16N2O5S. The molecule has 0 radical (unpaired) electrons. The maximum Gasteiger partial charge on any atom is 0.327 e. The highest BCUT2D eigenvalue weighted by molar-refractivity contribution is 7.87. The zero-order chi connectivity index (χ0) is 12.4. The van der Waals surface area contributed by atoms with E-state index in [9.17, 15) is 13.2 Å². The number of rotatable bonds is 5. The molecule has 3 N–H and O–H groups in total. The van der Waals surface area contributed by atoms with Crippen LogP contribution in [0.3, 0.4) is 0 Å². The minimum Gasteiger partial charge on any atom is -0.480 e. The summed E-state index contributed by atoms with van der Waals surface area (Å²) in [7, 11) is -3.83. The molecule has 1 aliphatic heterocycles. The number of carboxylic acids is 1. The van der Waals surface area contributed by atoms with E-state index in [1.165, 1.54) is 0 Å². The Morgan fingerprint density at radius 1 is 1.50 bits per heavy atom. The van der Waals surface area contributed by atoms with Crippen LogP contribution in [0, 0.1) is 0 Å². The van der Waals surface area contributed by atoms with Gasteiger partial charge in [-0.1, -0.05) is 0 Å². The highest BCUT2D eigenvalue weighted by Gasteiger charge is 2.45. The summed E-state index contributed by atoms with van der Waals surface area (Å²) in [6.45, 7) is 3.38. The molecule has 7 nitrogen and oxygen atoms in total. The summed E-state index contributed by atoms with van der Waals surface area (Å²) >= 11 is 0. The molecule has 1 saturated heterocycles. The lowest BCUT2D eigenvalue weighted by atomic mass is 10.0. The Bertz CT molecular complexity index is 359. The standard InChI is InChI=1S/C8H16N2O5S/c1-6(2)9-16(13,14)10-8(7(11)12)3-4-15-5-8/h6,9-10H,3-5H2,1-2H3,(H,11,12). The monoisotopic (exact) mass is 252 g/mol. The van der Waals surface area contributed by atoms with Gasteiger partial charge >= 0.3 is 5.97 Å². The molecule has 0 amide bonds. The molecule has 0 aromatic heterocycles.